The third-order valence-corrected chi connectivity index (χ3v) is 6.40. The molecule has 3 unspecified atom stereocenters. The molecule has 2 nitrogen and oxygen atoms in total. The monoisotopic (exact) mass is 292 g/mol. The quantitative estimate of drug-likeness (QED) is 0.905. The van der Waals surface area contributed by atoms with Gasteiger partial charge in [0.1, 0.15) is 0 Å². The molecule has 1 aromatic rings. The Morgan fingerprint density at radius 1 is 1.25 bits per heavy atom. The lowest BCUT2D eigenvalue weighted by atomic mass is 9.93. The van der Waals surface area contributed by atoms with E-state index in [0.717, 1.165) is 12.0 Å². The van der Waals surface area contributed by atoms with E-state index in [2.05, 4.69) is 30.2 Å². The molecule has 2 N–H and O–H groups in total. The van der Waals surface area contributed by atoms with Crippen LogP contribution in [0.15, 0.2) is 11.4 Å². The number of nitrogens with two attached hydrogens (primary N) is 1. The summed E-state index contributed by atoms with van der Waals surface area (Å²) in [7, 11) is 0. The van der Waals surface area contributed by atoms with E-state index in [1.54, 1.807) is 0 Å². The molecule has 0 amide bonds. The SMILES string of the molecule is Cc1ccsc1C(C(C)N)N1CCCC1C1CCCC1. The van der Waals surface area contributed by atoms with Crippen molar-refractivity contribution in [2.45, 2.75) is 70.5 Å². The number of hydrogen-bond acceptors (Lipinski definition) is 3. The van der Waals surface area contributed by atoms with E-state index in [1.807, 2.05) is 11.3 Å². The van der Waals surface area contributed by atoms with Crippen LogP contribution < -0.4 is 5.73 Å². The Hall–Kier alpha value is -0.380. The normalized spacial score (nSPS) is 28.1. The van der Waals surface area contributed by atoms with Crippen molar-refractivity contribution in [3.63, 3.8) is 0 Å². The van der Waals surface area contributed by atoms with Crippen LogP contribution in [0.4, 0.5) is 0 Å². The van der Waals surface area contributed by atoms with Gasteiger partial charge in [-0.15, -0.1) is 11.3 Å². The molecule has 3 atom stereocenters. The van der Waals surface area contributed by atoms with Gasteiger partial charge in [0.25, 0.3) is 0 Å². The molecule has 0 bridgehead atoms. The predicted octanol–water partition coefficient (Wildman–Crippen LogP) is 4.10. The van der Waals surface area contributed by atoms with Gasteiger partial charge in [0, 0.05) is 17.0 Å². The lowest BCUT2D eigenvalue weighted by Crippen LogP contribution is -2.44. The van der Waals surface area contributed by atoms with Gasteiger partial charge in [-0.05, 0) is 69.0 Å². The van der Waals surface area contributed by atoms with Crippen LogP contribution >= 0.6 is 11.3 Å². The van der Waals surface area contributed by atoms with Gasteiger partial charge in [0.15, 0.2) is 0 Å². The summed E-state index contributed by atoms with van der Waals surface area (Å²) < 4.78 is 0. The fraction of sp³-hybridized carbons (Fsp3) is 0.765. The van der Waals surface area contributed by atoms with Gasteiger partial charge >= 0.3 is 0 Å². The third-order valence-electron chi connectivity index (χ3n) is 5.31. The zero-order valence-electron chi connectivity index (χ0n) is 12.8. The average Bonchev–Trinajstić information content (AvgIpc) is 3.11. The maximum absolute atomic E-state index is 6.40. The summed E-state index contributed by atoms with van der Waals surface area (Å²) in [5, 5.41) is 2.22. The molecule has 1 saturated carbocycles. The number of likely N-dealkylation sites (tertiary alicyclic amines) is 1. The molecule has 2 aliphatic rings. The highest BCUT2D eigenvalue weighted by atomic mass is 32.1. The van der Waals surface area contributed by atoms with E-state index < -0.39 is 0 Å². The second-order valence-electron chi connectivity index (χ2n) is 6.76. The van der Waals surface area contributed by atoms with E-state index in [9.17, 15) is 0 Å². The predicted molar refractivity (Wildman–Crippen MR) is 87.1 cm³/mol. The highest BCUT2D eigenvalue weighted by Crippen LogP contribution is 2.41. The zero-order valence-corrected chi connectivity index (χ0v) is 13.7. The Labute approximate surface area is 127 Å². The molecule has 3 heteroatoms. The van der Waals surface area contributed by atoms with Crippen LogP contribution in [-0.2, 0) is 0 Å². The Morgan fingerprint density at radius 2 is 2.00 bits per heavy atom. The summed E-state index contributed by atoms with van der Waals surface area (Å²) in [5.74, 6) is 0.930. The van der Waals surface area contributed by atoms with Gasteiger partial charge in [-0.25, -0.2) is 0 Å². The first kappa shape index (κ1) is 14.6. The van der Waals surface area contributed by atoms with Crippen LogP contribution in [0, 0.1) is 12.8 Å². The van der Waals surface area contributed by atoms with Crippen molar-refractivity contribution in [2.24, 2.45) is 11.7 Å². The fourth-order valence-corrected chi connectivity index (χ4v) is 5.55. The molecule has 20 heavy (non-hydrogen) atoms. The molecule has 1 aliphatic carbocycles. The van der Waals surface area contributed by atoms with Crippen molar-refractivity contribution in [2.75, 3.05) is 6.54 Å². The van der Waals surface area contributed by atoms with Crippen LogP contribution in [0.1, 0.15) is 61.9 Å². The number of thiophene rings is 1. The highest BCUT2D eigenvalue weighted by molar-refractivity contribution is 7.10. The van der Waals surface area contributed by atoms with Gasteiger partial charge in [0.2, 0.25) is 0 Å². The lowest BCUT2D eigenvalue weighted by Gasteiger charge is -2.38. The van der Waals surface area contributed by atoms with Crippen LogP contribution in [0.2, 0.25) is 0 Å². The summed E-state index contributed by atoms with van der Waals surface area (Å²) in [6, 6.07) is 3.68. The largest absolute Gasteiger partial charge is 0.326 e. The Balaban J connectivity index is 1.85. The van der Waals surface area contributed by atoms with Crippen LogP contribution in [-0.4, -0.2) is 23.5 Å². The first-order chi connectivity index (χ1) is 9.68. The van der Waals surface area contributed by atoms with Crippen LogP contribution in [0.25, 0.3) is 0 Å². The number of hydrogen-bond donors (Lipinski definition) is 1. The van der Waals surface area contributed by atoms with Crippen LogP contribution in [0.3, 0.4) is 0 Å². The van der Waals surface area contributed by atoms with E-state index in [-0.39, 0.29) is 6.04 Å². The Kier molecular flexibility index (Phi) is 4.49. The molecular weight excluding hydrogens is 264 g/mol. The molecule has 1 aromatic heterocycles. The van der Waals surface area contributed by atoms with E-state index >= 15 is 0 Å². The van der Waals surface area contributed by atoms with E-state index in [0.29, 0.717) is 6.04 Å². The molecule has 0 radical (unpaired) electrons. The zero-order chi connectivity index (χ0) is 14.1. The third kappa shape index (κ3) is 2.68. The molecule has 1 saturated heterocycles. The van der Waals surface area contributed by atoms with E-state index in [1.165, 1.54) is 55.5 Å². The first-order valence-electron chi connectivity index (χ1n) is 8.24. The van der Waals surface area contributed by atoms with E-state index in [4.69, 9.17) is 5.73 Å². The minimum atomic E-state index is 0.217. The second-order valence-corrected chi connectivity index (χ2v) is 7.71. The van der Waals surface area contributed by atoms with Crippen molar-refractivity contribution < 1.29 is 0 Å². The summed E-state index contributed by atoms with van der Waals surface area (Å²) in [5.41, 5.74) is 7.83. The van der Waals surface area contributed by atoms with Crippen molar-refractivity contribution in [1.29, 1.82) is 0 Å². The highest BCUT2D eigenvalue weighted by Gasteiger charge is 2.39. The number of aryl methyl sites for hydroxylation is 1. The Morgan fingerprint density at radius 3 is 2.60 bits per heavy atom. The lowest BCUT2D eigenvalue weighted by molar-refractivity contribution is 0.122. The number of rotatable bonds is 4. The summed E-state index contributed by atoms with van der Waals surface area (Å²) in [4.78, 5) is 4.27. The standard InChI is InChI=1S/C17H28N2S/c1-12-9-11-20-17(12)16(13(2)18)19-10-5-8-15(19)14-6-3-4-7-14/h9,11,13-16H,3-8,10,18H2,1-2H3. The summed E-state index contributed by atoms with van der Waals surface area (Å²) >= 11 is 1.90. The molecule has 0 spiro atoms. The van der Waals surface area contributed by atoms with Gasteiger partial charge in [-0.1, -0.05) is 12.8 Å². The maximum Gasteiger partial charge on any atom is 0.0595 e. The molecule has 3 rings (SSSR count). The van der Waals surface area contributed by atoms with Gasteiger partial charge in [-0.2, -0.15) is 0 Å². The molecular formula is C17H28N2S. The molecule has 1 aliphatic heterocycles. The van der Waals surface area contributed by atoms with Gasteiger partial charge < -0.3 is 5.73 Å². The molecule has 112 valence electrons. The number of nitrogens with zero attached hydrogens (tertiary/aromatic N) is 1. The minimum Gasteiger partial charge on any atom is -0.326 e. The van der Waals surface area contributed by atoms with Crippen molar-refractivity contribution in [3.8, 4) is 0 Å². The molecule has 2 heterocycles. The van der Waals surface area contributed by atoms with Gasteiger partial charge in [-0.3, -0.25) is 4.90 Å². The van der Waals surface area contributed by atoms with Gasteiger partial charge in [0.05, 0.1) is 6.04 Å². The smallest absolute Gasteiger partial charge is 0.0595 e. The van der Waals surface area contributed by atoms with Crippen molar-refractivity contribution in [1.82, 2.24) is 4.90 Å². The second kappa shape index (κ2) is 6.17. The fourth-order valence-electron chi connectivity index (χ4n) is 4.39. The topological polar surface area (TPSA) is 29.3 Å². The molecule has 0 aromatic carbocycles. The summed E-state index contributed by atoms with van der Waals surface area (Å²) in [6.45, 7) is 5.67. The Bertz CT molecular complexity index is 434. The maximum atomic E-state index is 6.40. The van der Waals surface area contributed by atoms with Crippen molar-refractivity contribution in [3.05, 3.63) is 21.9 Å². The average molecular weight is 292 g/mol. The minimum absolute atomic E-state index is 0.217. The van der Waals surface area contributed by atoms with Crippen molar-refractivity contribution >= 4 is 11.3 Å². The summed E-state index contributed by atoms with van der Waals surface area (Å²) in [6.07, 6.45) is 8.51. The van der Waals surface area contributed by atoms with Crippen LogP contribution in [0.5, 0.6) is 0 Å². The first-order valence-corrected chi connectivity index (χ1v) is 9.11. The molecule has 2 fully saturated rings.